The Morgan fingerprint density at radius 1 is 1.20 bits per heavy atom. The molecule has 3 fully saturated rings. The molecule has 2 amide bonds. The van der Waals surface area contributed by atoms with Crippen molar-refractivity contribution in [1.82, 2.24) is 19.7 Å². The lowest BCUT2D eigenvalue weighted by Crippen LogP contribution is -2.44. The molecule has 7 nitrogen and oxygen atoms in total. The number of fused-ring (bicyclic) bond motifs is 1. The molecule has 7 heteroatoms. The highest BCUT2D eigenvalue weighted by atomic mass is 16.5. The van der Waals surface area contributed by atoms with Gasteiger partial charge in [0.1, 0.15) is 0 Å². The van der Waals surface area contributed by atoms with Crippen molar-refractivity contribution >= 4 is 22.7 Å². The fourth-order valence-electron chi connectivity index (χ4n) is 7.59. The van der Waals surface area contributed by atoms with E-state index in [4.69, 9.17) is 4.74 Å². The van der Waals surface area contributed by atoms with Crippen LogP contribution < -0.4 is 5.32 Å². The summed E-state index contributed by atoms with van der Waals surface area (Å²) in [6.45, 7) is 10.5. The number of ether oxygens (including phenoxy) is 1. The van der Waals surface area contributed by atoms with Crippen LogP contribution in [0.1, 0.15) is 81.1 Å². The maximum atomic E-state index is 14.0. The fraction of sp³-hybridized carbons (Fsp3) is 0.697. The minimum atomic E-state index is 0.0848. The van der Waals surface area contributed by atoms with Gasteiger partial charge in [0.15, 0.2) is 0 Å². The van der Waals surface area contributed by atoms with E-state index in [2.05, 4.69) is 58.8 Å². The number of nitrogens with one attached hydrogen (secondary N) is 1. The minimum absolute atomic E-state index is 0.0848. The Hall–Kier alpha value is -2.38. The second kappa shape index (κ2) is 12.2. The third-order valence-electron chi connectivity index (χ3n) is 10.2. The predicted molar refractivity (Wildman–Crippen MR) is 161 cm³/mol. The summed E-state index contributed by atoms with van der Waals surface area (Å²) in [5.74, 6) is 1.32. The van der Waals surface area contributed by atoms with Gasteiger partial charge in [0.25, 0.3) is 5.91 Å². The fourth-order valence-corrected chi connectivity index (χ4v) is 7.59. The molecular formula is C33H50N4O3. The van der Waals surface area contributed by atoms with Gasteiger partial charge in [-0.05, 0) is 76.0 Å². The lowest BCUT2D eigenvalue weighted by Gasteiger charge is -2.33. The number of hydrogen-bond acceptors (Lipinski definition) is 4. The number of amides is 2. The average molecular weight is 551 g/mol. The molecular weight excluding hydrogens is 500 g/mol. The minimum Gasteiger partial charge on any atom is -0.385 e. The van der Waals surface area contributed by atoms with E-state index < -0.39 is 0 Å². The van der Waals surface area contributed by atoms with Gasteiger partial charge in [0.05, 0.1) is 0 Å². The molecule has 5 rings (SSSR count). The summed E-state index contributed by atoms with van der Waals surface area (Å²) in [5, 5.41) is 4.82. The Labute approximate surface area is 240 Å². The summed E-state index contributed by atoms with van der Waals surface area (Å²) >= 11 is 0. The maximum Gasteiger partial charge on any atom is 0.254 e. The van der Waals surface area contributed by atoms with E-state index in [0.29, 0.717) is 24.2 Å². The van der Waals surface area contributed by atoms with Crippen molar-refractivity contribution in [2.45, 2.75) is 90.8 Å². The monoisotopic (exact) mass is 550 g/mol. The van der Waals surface area contributed by atoms with Gasteiger partial charge in [-0.2, -0.15) is 0 Å². The van der Waals surface area contributed by atoms with Crippen LogP contribution in [-0.4, -0.2) is 78.7 Å². The summed E-state index contributed by atoms with van der Waals surface area (Å²) < 4.78 is 7.51. The van der Waals surface area contributed by atoms with Crippen LogP contribution >= 0.6 is 0 Å². The van der Waals surface area contributed by atoms with Crippen LogP contribution in [0.4, 0.5) is 0 Å². The Balaban J connectivity index is 1.28. The van der Waals surface area contributed by atoms with E-state index in [1.54, 1.807) is 7.11 Å². The molecule has 1 aromatic carbocycles. The zero-order chi connectivity index (χ0) is 28.4. The van der Waals surface area contributed by atoms with Crippen LogP contribution in [0.5, 0.6) is 0 Å². The molecule has 2 aliphatic carbocycles. The van der Waals surface area contributed by atoms with E-state index in [1.807, 2.05) is 13.1 Å². The van der Waals surface area contributed by atoms with Crippen molar-refractivity contribution in [3.63, 3.8) is 0 Å². The molecule has 1 aromatic heterocycles. The number of carbonyl (C=O) groups is 2. The summed E-state index contributed by atoms with van der Waals surface area (Å²) in [7, 11) is 3.75. The standard InChI is InChI=1S/C33H50N4O3/c1-23(2)37(32(39)26-12-13-28-24(3)20-36(29(28)17-26)14-9-15-40-5)21-27-19-34-22-33(27)18-30(33)35(4)31(38)16-25-10-7-6-8-11-25/h12-13,17,20,23,25,27,30,34H,6-11,14-16,18-19,21-22H2,1-5H3/t27-,30-,33-/m0/s1. The molecule has 2 saturated carbocycles. The Bertz CT molecular complexity index is 1200. The van der Waals surface area contributed by atoms with Gasteiger partial charge in [0, 0.05) is 93.5 Å². The second-order valence-corrected chi connectivity index (χ2v) is 13.1. The van der Waals surface area contributed by atoms with Gasteiger partial charge in [-0.15, -0.1) is 0 Å². The molecule has 1 saturated heterocycles. The summed E-state index contributed by atoms with van der Waals surface area (Å²) in [4.78, 5) is 31.3. The molecule has 0 radical (unpaired) electrons. The highest BCUT2D eigenvalue weighted by Crippen LogP contribution is 2.57. The molecule has 1 aliphatic heterocycles. The molecule has 1 N–H and O–H groups in total. The average Bonchev–Trinajstić information content (AvgIpc) is 3.40. The van der Waals surface area contributed by atoms with Gasteiger partial charge >= 0.3 is 0 Å². The lowest BCUT2D eigenvalue weighted by atomic mass is 9.86. The van der Waals surface area contributed by atoms with Crippen molar-refractivity contribution in [1.29, 1.82) is 0 Å². The van der Waals surface area contributed by atoms with Crippen LogP contribution in [0.2, 0.25) is 0 Å². The van der Waals surface area contributed by atoms with Crippen molar-refractivity contribution in [2.24, 2.45) is 17.3 Å². The van der Waals surface area contributed by atoms with Crippen molar-refractivity contribution in [2.75, 3.05) is 40.4 Å². The third kappa shape index (κ3) is 5.82. The molecule has 0 bridgehead atoms. The number of methoxy groups -OCH3 is 1. The van der Waals surface area contributed by atoms with E-state index in [9.17, 15) is 9.59 Å². The molecule has 220 valence electrons. The zero-order valence-electron chi connectivity index (χ0n) is 25.4. The lowest BCUT2D eigenvalue weighted by molar-refractivity contribution is -0.132. The van der Waals surface area contributed by atoms with Crippen LogP contribution in [0.3, 0.4) is 0 Å². The number of carbonyl (C=O) groups excluding carboxylic acids is 2. The summed E-state index contributed by atoms with van der Waals surface area (Å²) in [6, 6.07) is 6.55. The first-order chi connectivity index (χ1) is 19.2. The maximum absolute atomic E-state index is 14.0. The van der Waals surface area contributed by atoms with E-state index in [-0.39, 0.29) is 23.4 Å². The zero-order valence-corrected chi connectivity index (χ0v) is 25.4. The van der Waals surface area contributed by atoms with E-state index in [1.165, 1.54) is 43.1 Å². The molecule has 1 spiro atoms. The number of aromatic nitrogens is 1. The Kier molecular flexibility index (Phi) is 8.91. The Morgan fingerprint density at radius 2 is 1.98 bits per heavy atom. The smallest absolute Gasteiger partial charge is 0.254 e. The number of rotatable bonds is 11. The highest BCUT2D eigenvalue weighted by Gasteiger charge is 2.63. The van der Waals surface area contributed by atoms with Gasteiger partial charge in [-0.25, -0.2) is 0 Å². The first-order valence-electron chi connectivity index (χ1n) is 15.6. The number of aryl methyl sites for hydroxylation is 2. The topological polar surface area (TPSA) is 66.8 Å². The molecule has 0 unspecified atom stereocenters. The van der Waals surface area contributed by atoms with Crippen LogP contribution in [-0.2, 0) is 16.1 Å². The largest absolute Gasteiger partial charge is 0.385 e. The second-order valence-electron chi connectivity index (χ2n) is 13.1. The van der Waals surface area contributed by atoms with E-state index in [0.717, 1.165) is 56.7 Å². The number of benzene rings is 1. The molecule has 3 atom stereocenters. The molecule has 2 aromatic rings. The normalized spacial score (nSPS) is 24.8. The Morgan fingerprint density at radius 3 is 2.70 bits per heavy atom. The van der Waals surface area contributed by atoms with Gasteiger partial charge in [0.2, 0.25) is 5.91 Å². The van der Waals surface area contributed by atoms with Gasteiger partial charge in [-0.3, -0.25) is 9.59 Å². The van der Waals surface area contributed by atoms with Gasteiger partial charge < -0.3 is 24.4 Å². The molecule has 40 heavy (non-hydrogen) atoms. The first kappa shape index (κ1) is 29.1. The van der Waals surface area contributed by atoms with E-state index >= 15 is 0 Å². The summed E-state index contributed by atoms with van der Waals surface area (Å²) in [5.41, 5.74) is 3.18. The third-order valence-corrected chi connectivity index (χ3v) is 10.2. The SMILES string of the molecule is COCCCn1cc(C)c2ccc(C(=O)N(C[C@@H]3CNC[C@@]34C[C@@H]4N(C)C(=O)CC3CCCCC3)C(C)C)cc21. The first-order valence-corrected chi connectivity index (χ1v) is 15.6. The summed E-state index contributed by atoms with van der Waals surface area (Å²) in [6.07, 6.45) is 11.1. The van der Waals surface area contributed by atoms with Crippen LogP contribution in [0.25, 0.3) is 10.9 Å². The quantitative estimate of drug-likeness (QED) is 0.389. The van der Waals surface area contributed by atoms with Crippen molar-refractivity contribution in [3.8, 4) is 0 Å². The highest BCUT2D eigenvalue weighted by molar-refractivity contribution is 5.98. The number of hydrogen-bond donors (Lipinski definition) is 1. The van der Waals surface area contributed by atoms with Crippen LogP contribution in [0.15, 0.2) is 24.4 Å². The number of nitrogens with zero attached hydrogens (tertiary/aromatic N) is 3. The van der Waals surface area contributed by atoms with Crippen molar-refractivity contribution < 1.29 is 14.3 Å². The predicted octanol–water partition coefficient (Wildman–Crippen LogP) is 5.24. The van der Waals surface area contributed by atoms with Gasteiger partial charge in [-0.1, -0.05) is 25.3 Å². The van der Waals surface area contributed by atoms with Crippen molar-refractivity contribution in [3.05, 3.63) is 35.5 Å². The van der Waals surface area contributed by atoms with Crippen LogP contribution in [0, 0.1) is 24.2 Å². The molecule has 2 heterocycles. The molecule has 3 aliphatic rings.